The highest BCUT2D eigenvalue weighted by atomic mass is 19.1. The molecule has 2 rings (SSSR count). The molecule has 106 valence electrons. The highest BCUT2D eigenvalue weighted by molar-refractivity contribution is 5.34. The largest absolute Gasteiger partial charge is 0.494 e. The Labute approximate surface area is 117 Å². The third-order valence-corrected chi connectivity index (χ3v) is 3.35. The van der Waals surface area contributed by atoms with Gasteiger partial charge < -0.3 is 10.5 Å². The van der Waals surface area contributed by atoms with Gasteiger partial charge in [-0.1, -0.05) is 12.1 Å². The third-order valence-electron chi connectivity index (χ3n) is 3.35. The molecular formula is C16H17F2NO. The summed E-state index contributed by atoms with van der Waals surface area (Å²) < 4.78 is 31.4. The van der Waals surface area contributed by atoms with Crippen LogP contribution in [0.3, 0.4) is 0 Å². The van der Waals surface area contributed by atoms with Crippen LogP contribution in [0, 0.1) is 18.6 Å². The van der Waals surface area contributed by atoms with Crippen LogP contribution >= 0.6 is 0 Å². The van der Waals surface area contributed by atoms with Crippen molar-refractivity contribution in [2.45, 2.75) is 19.4 Å². The first-order valence-electron chi connectivity index (χ1n) is 6.35. The number of rotatable bonds is 4. The molecule has 0 spiro atoms. The molecule has 1 atom stereocenters. The molecule has 20 heavy (non-hydrogen) atoms. The molecule has 0 bridgehead atoms. The minimum Gasteiger partial charge on any atom is -0.494 e. The highest BCUT2D eigenvalue weighted by Gasteiger charge is 2.12. The van der Waals surface area contributed by atoms with Gasteiger partial charge in [-0.25, -0.2) is 8.78 Å². The number of hydrogen-bond donors (Lipinski definition) is 1. The normalized spacial score (nSPS) is 12.2. The van der Waals surface area contributed by atoms with E-state index in [1.807, 2.05) is 6.92 Å². The maximum absolute atomic E-state index is 13.4. The van der Waals surface area contributed by atoms with E-state index >= 15 is 0 Å². The van der Waals surface area contributed by atoms with Crippen LogP contribution in [-0.4, -0.2) is 7.11 Å². The molecule has 2 nitrogen and oxygen atoms in total. The van der Waals surface area contributed by atoms with Crippen LogP contribution in [0.4, 0.5) is 8.78 Å². The first-order chi connectivity index (χ1) is 9.51. The zero-order valence-corrected chi connectivity index (χ0v) is 11.5. The molecule has 0 aliphatic rings. The summed E-state index contributed by atoms with van der Waals surface area (Å²) in [4.78, 5) is 0. The van der Waals surface area contributed by atoms with Crippen LogP contribution in [0.1, 0.15) is 22.7 Å². The predicted octanol–water partition coefficient (Wildman–Crippen LogP) is 3.52. The molecule has 1 unspecified atom stereocenters. The topological polar surface area (TPSA) is 35.2 Å². The van der Waals surface area contributed by atoms with Crippen molar-refractivity contribution >= 4 is 0 Å². The smallest absolute Gasteiger partial charge is 0.165 e. The second-order valence-corrected chi connectivity index (χ2v) is 4.78. The lowest BCUT2D eigenvalue weighted by atomic mass is 9.96. The Balaban J connectivity index is 2.21. The van der Waals surface area contributed by atoms with Gasteiger partial charge in [-0.15, -0.1) is 0 Å². The number of aryl methyl sites for hydroxylation is 1. The molecule has 0 saturated heterocycles. The van der Waals surface area contributed by atoms with Crippen molar-refractivity contribution in [3.63, 3.8) is 0 Å². The van der Waals surface area contributed by atoms with Crippen LogP contribution < -0.4 is 10.5 Å². The summed E-state index contributed by atoms with van der Waals surface area (Å²) in [7, 11) is 1.41. The lowest BCUT2D eigenvalue weighted by molar-refractivity contribution is 0.385. The van der Waals surface area contributed by atoms with Crippen LogP contribution in [0.15, 0.2) is 36.4 Å². The molecule has 0 aliphatic carbocycles. The summed E-state index contributed by atoms with van der Waals surface area (Å²) in [5.74, 6) is -0.501. The molecule has 4 heteroatoms. The number of benzene rings is 2. The average Bonchev–Trinajstić information content (AvgIpc) is 2.42. The first-order valence-corrected chi connectivity index (χ1v) is 6.35. The van der Waals surface area contributed by atoms with E-state index in [0.29, 0.717) is 6.42 Å². The number of halogens is 2. The Morgan fingerprint density at radius 1 is 1.15 bits per heavy atom. The maximum Gasteiger partial charge on any atom is 0.165 e. The summed E-state index contributed by atoms with van der Waals surface area (Å²) in [6, 6.07) is 8.90. The monoisotopic (exact) mass is 277 g/mol. The molecule has 2 aromatic carbocycles. The first kappa shape index (κ1) is 14.5. The van der Waals surface area contributed by atoms with Gasteiger partial charge in [0.05, 0.1) is 7.11 Å². The number of nitrogens with two attached hydrogens (primary N) is 1. The van der Waals surface area contributed by atoms with Crippen LogP contribution in [0.5, 0.6) is 5.75 Å². The molecule has 0 aliphatic heterocycles. The number of hydrogen-bond acceptors (Lipinski definition) is 2. The molecule has 0 fully saturated rings. The minimum atomic E-state index is -0.415. The number of methoxy groups -OCH3 is 1. The third kappa shape index (κ3) is 3.14. The SMILES string of the molecule is COc1cc(C(N)Cc2ccc(F)cc2C)ccc1F. The van der Waals surface area contributed by atoms with E-state index in [-0.39, 0.29) is 17.6 Å². The zero-order valence-electron chi connectivity index (χ0n) is 11.5. The van der Waals surface area contributed by atoms with E-state index in [2.05, 4.69) is 0 Å². The van der Waals surface area contributed by atoms with E-state index < -0.39 is 5.82 Å². The van der Waals surface area contributed by atoms with Gasteiger partial charge in [0, 0.05) is 6.04 Å². The summed E-state index contributed by atoms with van der Waals surface area (Å²) in [5, 5.41) is 0. The summed E-state index contributed by atoms with van der Waals surface area (Å²) in [6.07, 6.45) is 0.556. The van der Waals surface area contributed by atoms with Crippen molar-refractivity contribution in [1.82, 2.24) is 0 Å². The van der Waals surface area contributed by atoms with Crippen molar-refractivity contribution in [2.75, 3.05) is 7.11 Å². The maximum atomic E-state index is 13.4. The van der Waals surface area contributed by atoms with E-state index in [1.54, 1.807) is 18.2 Å². The summed E-state index contributed by atoms with van der Waals surface area (Å²) >= 11 is 0. The van der Waals surface area contributed by atoms with Crippen LogP contribution in [-0.2, 0) is 6.42 Å². The predicted molar refractivity (Wildman–Crippen MR) is 74.7 cm³/mol. The van der Waals surface area contributed by atoms with Crippen LogP contribution in [0.2, 0.25) is 0 Å². The van der Waals surface area contributed by atoms with Gasteiger partial charge in [-0.05, 0) is 54.3 Å². The molecule has 0 aromatic heterocycles. The molecule has 0 radical (unpaired) electrons. The zero-order chi connectivity index (χ0) is 14.7. The van der Waals surface area contributed by atoms with Gasteiger partial charge in [0.1, 0.15) is 5.82 Å². The molecule has 2 N–H and O–H groups in total. The second-order valence-electron chi connectivity index (χ2n) is 4.78. The minimum absolute atomic E-state index is 0.175. The lowest BCUT2D eigenvalue weighted by Gasteiger charge is -2.15. The highest BCUT2D eigenvalue weighted by Crippen LogP contribution is 2.24. The Hall–Kier alpha value is -1.94. The average molecular weight is 277 g/mol. The van der Waals surface area contributed by atoms with Gasteiger partial charge in [0.25, 0.3) is 0 Å². The second kappa shape index (κ2) is 6.01. The summed E-state index contributed by atoms with van der Waals surface area (Å²) in [5.41, 5.74) is 8.75. The van der Waals surface area contributed by atoms with E-state index in [4.69, 9.17) is 10.5 Å². The van der Waals surface area contributed by atoms with E-state index in [9.17, 15) is 8.78 Å². The Morgan fingerprint density at radius 3 is 2.55 bits per heavy atom. The van der Waals surface area contributed by atoms with Gasteiger partial charge in [-0.3, -0.25) is 0 Å². The lowest BCUT2D eigenvalue weighted by Crippen LogP contribution is -2.14. The fraction of sp³-hybridized carbons (Fsp3) is 0.250. The molecule has 2 aromatic rings. The van der Waals surface area contributed by atoms with Crippen molar-refractivity contribution in [1.29, 1.82) is 0 Å². The van der Waals surface area contributed by atoms with E-state index in [0.717, 1.165) is 16.7 Å². The Bertz CT molecular complexity index is 613. The standard InChI is InChI=1S/C16H17F2NO/c1-10-7-13(17)5-3-11(10)8-15(19)12-4-6-14(18)16(9-12)20-2/h3-7,9,15H,8,19H2,1-2H3. The Morgan fingerprint density at radius 2 is 1.90 bits per heavy atom. The fourth-order valence-corrected chi connectivity index (χ4v) is 2.15. The Kier molecular flexibility index (Phi) is 4.35. The summed E-state index contributed by atoms with van der Waals surface area (Å²) in [6.45, 7) is 1.84. The number of ether oxygens (including phenoxy) is 1. The molecule has 0 saturated carbocycles. The van der Waals surface area contributed by atoms with Crippen molar-refractivity contribution in [2.24, 2.45) is 5.73 Å². The van der Waals surface area contributed by atoms with Gasteiger partial charge in [0.2, 0.25) is 0 Å². The van der Waals surface area contributed by atoms with E-state index in [1.165, 1.54) is 25.3 Å². The molecular weight excluding hydrogens is 260 g/mol. The van der Waals surface area contributed by atoms with Crippen molar-refractivity contribution < 1.29 is 13.5 Å². The quantitative estimate of drug-likeness (QED) is 0.928. The van der Waals surface area contributed by atoms with Gasteiger partial charge >= 0.3 is 0 Å². The van der Waals surface area contributed by atoms with Crippen LogP contribution in [0.25, 0.3) is 0 Å². The van der Waals surface area contributed by atoms with Crippen molar-refractivity contribution in [3.05, 3.63) is 64.7 Å². The van der Waals surface area contributed by atoms with Gasteiger partial charge in [0.15, 0.2) is 11.6 Å². The molecule has 0 amide bonds. The van der Waals surface area contributed by atoms with Gasteiger partial charge in [-0.2, -0.15) is 0 Å². The molecule has 0 heterocycles. The van der Waals surface area contributed by atoms with Crippen molar-refractivity contribution in [3.8, 4) is 5.75 Å². The fourth-order valence-electron chi connectivity index (χ4n) is 2.15.